The van der Waals surface area contributed by atoms with Gasteiger partial charge in [-0.3, -0.25) is 9.48 Å². The van der Waals surface area contributed by atoms with E-state index in [4.69, 9.17) is 0 Å². The van der Waals surface area contributed by atoms with Crippen LogP contribution in [0.4, 0.5) is 18.9 Å². The molecule has 4 rings (SSSR count). The number of anilines is 1. The standard InChI is InChI=1S/C21H18BrF3N6O/c1-11-8-16(21(23,24)25)31-19(26-11)17(22)18(29-31)20(32)27-15-6-4-5-14(9-15)10-30-13(3)7-12(2)28-30/h4-9H,10H2,1-3H3,(H,27,32). The highest BCUT2D eigenvalue weighted by molar-refractivity contribution is 9.10. The number of hydrogen-bond acceptors (Lipinski definition) is 4. The second-order valence-corrected chi connectivity index (χ2v) is 8.21. The SMILES string of the molecule is Cc1cc(C(F)(F)F)n2nc(C(=O)Nc3cccc(Cn4nc(C)cc4C)c3)c(Br)c2n1. The molecule has 0 radical (unpaired) electrons. The van der Waals surface area contributed by atoms with Crippen LogP contribution in [0.1, 0.15) is 38.8 Å². The Bertz CT molecular complexity index is 1340. The molecule has 32 heavy (non-hydrogen) atoms. The maximum atomic E-state index is 13.4. The summed E-state index contributed by atoms with van der Waals surface area (Å²) in [6, 6.07) is 10.0. The number of nitrogens with zero attached hydrogens (tertiary/aromatic N) is 5. The summed E-state index contributed by atoms with van der Waals surface area (Å²) in [7, 11) is 0. The van der Waals surface area contributed by atoms with Gasteiger partial charge in [-0.2, -0.15) is 23.4 Å². The third-order valence-electron chi connectivity index (χ3n) is 4.79. The van der Waals surface area contributed by atoms with Crippen molar-refractivity contribution >= 4 is 33.2 Å². The van der Waals surface area contributed by atoms with Crippen LogP contribution in [-0.4, -0.2) is 30.3 Å². The van der Waals surface area contributed by atoms with Crippen LogP contribution in [0.15, 0.2) is 40.9 Å². The van der Waals surface area contributed by atoms with E-state index in [9.17, 15) is 18.0 Å². The summed E-state index contributed by atoms with van der Waals surface area (Å²) >= 11 is 3.18. The average molecular weight is 507 g/mol. The number of aromatic nitrogens is 5. The molecule has 166 valence electrons. The quantitative estimate of drug-likeness (QED) is 0.425. The molecule has 0 aliphatic rings. The Balaban J connectivity index is 1.63. The van der Waals surface area contributed by atoms with Crippen molar-refractivity contribution in [3.63, 3.8) is 0 Å². The number of benzene rings is 1. The molecule has 3 heterocycles. The van der Waals surface area contributed by atoms with Gasteiger partial charge in [0.25, 0.3) is 5.91 Å². The fourth-order valence-electron chi connectivity index (χ4n) is 3.41. The molecule has 0 aliphatic heterocycles. The normalized spacial score (nSPS) is 11.8. The van der Waals surface area contributed by atoms with E-state index >= 15 is 0 Å². The fraction of sp³-hybridized carbons (Fsp3) is 0.238. The molecular weight excluding hydrogens is 489 g/mol. The first-order valence-corrected chi connectivity index (χ1v) is 10.4. The van der Waals surface area contributed by atoms with E-state index in [-0.39, 0.29) is 21.5 Å². The number of carbonyl (C=O) groups excluding carboxylic acids is 1. The Morgan fingerprint density at radius 1 is 1.09 bits per heavy atom. The van der Waals surface area contributed by atoms with Crippen molar-refractivity contribution in [1.82, 2.24) is 24.4 Å². The molecule has 0 spiro atoms. The van der Waals surface area contributed by atoms with Gasteiger partial charge in [0.1, 0.15) is 5.69 Å². The highest BCUT2D eigenvalue weighted by Crippen LogP contribution is 2.32. The number of alkyl halides is 3. The number of fused-ring (bicyclic) bond motifs is 1. The molecule has 0 bridgehead atoms. The van der Waals surface area contributed by atoms with Gasteiger partial charge in [0.15, 0.2) is 11.3 Å². The molecule has 0 aliphatic carbocycles. The van der Waals surface area contributed by atoms with Crippen molar-refractivity contribution in [2.45, 2.75) is 33.5 Å². The van der Waals surface area contributed by atoms with Crippen LogP contribution in [0.25, 0.3) is 5.65 Å². The molecule has 1 N–H and O–H groups in total. The van der Waals surface area contributed by atoms with Crippen LogP contribution >= 0.6 is 15.9 Å². The lowest BCUT2D eigenvalue weighted by atomic mass is 10.2. The summed E-state index contributed by atoms with van der Waals surface area (Å²) in [5.74, 6) is -0.656. The van der Waals surface area contributed by atoms with Crippen molar-refractivity contribution in [2.75, 3.05) is 5.32 Å². The van der Waals surface area contributed by atoms with Gasteiger partial charge < -0.3 is 5.32 Å². The molecule has 4 aromatic rings. The van der Waals surface area contributed by atoms with Crippen molar-refractivity contribution in [3.8, 4) is 0 Å². The lowest BCUT2D eigenvalue weighted by molar-refractivity contribution is -0.142. The third-order valence-corrected chi connectivity index (χ3v) is 5.52. The predicted octanol–water partition coefficient (Wildman–Crippen LogP) is 4.93. The van der Waals surface area contributed by atoms with Crippen LogP contribution < -0.4 is 5.32 Å². The number of hydrogen-bond donors (Lipinski definition) is 1. The molecule has 1 amide bonds. The fourth-order valence-corrected chi connectivity index (χ4v) is 3.92. The summed E-state index contributed by atoms with van der Waals surface area (Å²) in [5, 5.41) is 11.0. The highest BCUT2D eigenvalue weighted by atomic mass is 79.9. The number of nitrogens with one attached hydrogen (secondary N) is 1. The van der Waals surface area contributed by atoms with E-state index in [2.05, 4.69) is 36.4 Å². The molecule has 0 saturated carbocycles. The summed E-state index contributed by atoms with van der Waals surface area (Å²) in [5.41, 5.74) is 2.18. The lowest BCUT2D eigenvalue weighted by Gasteiger charge is -2.09. The summed E-state index contributed by atoms with van der Waals surface area (Å²) in [6.07, 6.45) is -4.65. The topological polar surface area (TPSA) is 77.1 Å². The number of halogens is 4. The minimum atomic E-state index is -4.65. The smallest absolute Gasteiger partial charge is 0.321 e. The average Bonchev–Trinajstić information content (AvgIpc) is 3.19. The first kappa shape index (κ1) is 22.0. The Kier molecular flexibility index (Phi) is 5.53. The molecule has 7 nitrogen and oxygen atoms in total. The zero-order chi connectivity index (χ0) is 23.2. The molecule has 11 heteroatoms. The molecule has 0 fully saturated rings. The van der Waals surface area contributed by atoms with E-state index in [1.54, 1.807) is 18.2 Å². The van der Waals surface area contributed by atoms with Crippen molar-refractivity contribution in [3.05, 3.63) is 74.9 Å². The van der Waals surface area contributed by atoms with E-state index in [1.807, 2.05) is 30.7 Å². The summed E-state index contributed by atoms with van der Waals surface area (Å²) < 4.78 is 42.9. The molecule has 0 saturated heterocycles. The Labute approximate surface area is 189 Å². The van der Waals surface area contributed by atoms with Gasteiger partial charge >= 0.3 is 6.18 Å². The first-order valence-electron chi connectivity index (χ1n) is 9.57. The van der Waals surface area contributed by atoms with Gasteiger partial charge in [0, 0.05) is 17.1 Å². The molecule has 1 aromatic carbocycles. The number of rotatable bonds is 4. The van der Waals surface area contributed by atoms with E-state index < -0.39 is 17.8 Å². The second-order valence-electron chi connectivity index (χ2n) is 7.42. The Hall–Kier alpha value is -3.21. The largest absolute Gasteiger partial charge is 0.433 e. The Morgan fingerprint density at radius 3 is 2.50 bits per heavy atom. The molecule has 0 unspecified atom stereocenters. The van der Waals surface area contributed by atoms with Crippen LogP contribution in [0, 0.1) is 20.8 Å². The minimum Gasteiger partial charge on any atom is -0.321 e. The van der Waals surface area contributed by atoms with Crippen LogP contribution in [0.5, 0.6) is 0 Å². The van der Waals surface area contributed by atoms with Crippen molar-refractivity contribution in [1.29, 1.82) is 0 Å². The van der Waals surface area contributed by atoms with Crippen molar-refractivity contribution < 1.29 is 18.0 Å². The lowest BCUT2D eigenvalue weighted by Crippen LogP contribution is -2.16. The maximum Gasteiger partial charge on any atom is 0.433 e. The van der Waals surface area contributed by atoms with E-state index in [1.165, 1.54) is 6.92 Å². The number of carbonyl (C=O) groups is 1. The highest BCUT2D eigenvalue weighted by Gasteiger charge is 2.36. The van der Waals surface area contributed by atoms with Gasteiger partial charge in [-0.15, -0.1) is 0 Å². The second kappa shape index (κ2) is 8.05. The van der Waals surface area contributed by atoms with Gasteiger partial charge in [-0.1, -0.05) is 12.1 Å². The predicted molar refractivity (Wildman–Crippen MR) is 116 cm³/mol. The summed E-state index contributed by atoms with van der Waals surface area (Å²) in [6.45, 7) is 5.83. The first-order chi connectivity index (χ1) is 15.0. The van der Waals surface area contributed by atoms with Crippen molar-refractivity contribution in [2.24, 2.45) is 0 Å². The summed E-state index contributed by atoms with van der Waals surface area (Å²) in [4.78, 5) is 16.9. The third kappa shape index (κ3) is 4.24. The minimum absolute atomic E-state index is 0.0826. The zero-order valence-electron chi connectivity index (χ0n) is 17.3. The van der Waals surface area contributed by atoms with Gasteiger partial charge in [-0.05, 0) is 66.5 Å². The van der Waals surface area contributed by atoms with Gasteiger partial charge in [0.2, 0.25) is 0 Å². The monoisotopic (exact) mass is 506 g/mol. The molecule has 3 aromatic heterocycles. The maximum absolute atomic E-state index is 13.4. The Morgan fingerprint density at radius 2 is 1.84 bits per heavy atom. The zero-order valence-corrected chi connectivity index (χ0v) is 18.9. The van der Waals surface area contributed by atoms with Crippen LogP contribution in [0.2, 0.25) is 0 Å². The van der Waals surface area contributed by atoms with Gasteiger partial charge in [0.05, 0.1) is 16.7 Å². The molecular formula is C21H18BrF3N6O. The number of aryl methyl sites for hydroxylation is 3. The number of amides is 1. The molecule has 0 atom stereocenters. The van der Waals surface area contributed by atoms with E-state index in [0.29, 0.717) is 16.7 Å². The van der Waals surface area contributed by atoms with E-state index in [0.717, 1.165) is 23.0 Å². The van der Waals surface area contributed by atoms with Crippen LogP contribution in [0.3, 0.4) is 0 Å². The van der Waals surface area contributed by atoms with Gasteiger partial charge in [-0.25, -0.2) is 9.50 Å². The van der Waals surface area contributed by atoms with Crippen LogP contribution in [-0.2, 0) is 12.7 Å².